The second-order valence-corrected chi connectivity index (χ2v) is 3.55. The summed E-state index contributed by atoms with van der Waals surface area (Å²) in [5.41, 5.74) is 7.85. The summed E-state index contributed by atoms with van der Waals surface area (Å²) >= 11 is 3.42. The summed E-state index contributed by atoms with van der Waals surface area (Å²) in [4.78, 5) is 0. The number of hydrogen-bond acceptors (Lipinski definition) is 1. The minimum atomic E-state index is 0.589. The molecule has 0 aromatic heterocycles. The molecule has 1 aromatic rings. The van der Waals surface area contributed by atoms with Crippen molar-refractivity contribution in [2.75, 3.05) is 6.54 Å². The van der Waals surface area contributed by atoms with Crippen LogP contribution in [-0.4, -0.2) is 6.54 Å². The first-order valence-electron chi connectivity index (χ1n) is 3.87. The third kappa shape index (κ3) is 2.47. The van der Waals surface area contributed by atoms with E-state index in [1.165, 1.54) is 11.1 Å². The summed E-state index contributed by atoms with van der Waals surface area (Å²) < 4.78 is 1.10. The molecule has 0 bridgehead atoms. The number of halogens is 1. The lowest BCUT2D eigenvalue weighted by atomic mass is 10.1. The molecule has 2 N–H and O–H groups in total. The van der Waals surface area contributed by atoms with Crippen molar-refractivity contribution >= 4 is 22.0 Å². The van der Waals surface area contributed by atoms with Crippen molar-refractivity contribution in [1.82, 2.24) is 0 Å². The van der Waals surface area contributed by atoms with Gasteiger partial charge in [-0.1, -0.05) is 34.1 Å². The molecule has 0 unspecified atom stereocenters. The maximum atomic E-state index is 5.37. The molecular weight excluding hydrogens is 214 g/mol. The van der Waals surface area contributed by atoms with Crippen molar-refractivity contribution in [2.24, 2.45) is 5.73 Å². The van der Waals surface area contributed by atoms with Gasteiger partial charge in [-0.2, -0.15) is 0 Å². The van der Waals surface area contributed by atoms with Crippen LogP contribution < -0.4 is 5.73 Å². The van der Waals surface area contributed by atoms with Gasteiger partial charge in [-0.05, 0) is 30.2 Å². The third-order valence-electron chi connectivity index (χ3n) is 1.67. The van der Waals surface area contributed by atoms with Gasteiger partial charge in [0.05, 0.1) is 0 Å². The molecule has 0 aliphatic carbocycles. The van der Waals surface area contributed by atoms with E-state index in [0.717, 1.165) is 4.47 Å². The van der Waals surface area contributed by atoms with E-state index in [9.17, 15) is 0 Å². The van der Waals surface area contributed by atoms with Gasteiger partial charge in [0, 0.05) is 11.0 Å². The first-order chi connectivity index (χ1) is 5.74. The fraction of sp³-hybridized carbons (Fsp3) is 0.200. The predicted molar refractivity (Wildman–Crippen MR) is 57.0 cm³/mol. The summed E-state index contributed by atoms with van der Waals surface area (Å²) in [5, 5.41) is 0. The highest BCUT2D eigenvalue weighted by Crippen LogP contribution is 2.16. The second kappa shape index (κ2) is 4.43. The Bertz CT molecular complexity index is 292. The Kier molecular flexibility index (Phi) is 3.50. The lowest BCUT2D eigenvalue weighted by Crippen LogP contribution is -1.92. The van der Waals surface area contributed by atoms with Crippen molar-refractivity contribution in [1.29, 1.82) is 0 Å². The Morgan fingerprint density at radius 3 is 2.92 bits per heavy atom. The van der Waals surface area contributed by atoms with Gasteiger partial charge in [0.2, 0.25) is 0 Å². The van der Waals surface area contributed by atoms with Gasteiger partial charge in [0.1, 0.15) is 0 Å². The van der Waals surface area contributed by atoms with Crippen LogP contribution in [0.1, 0.15) is 11.1 Å². The van der Waals surface area contributed by atoms with Crippen LogP contribution in [0.15, 0.2) is 28.7 Å². The second-order valence-electron chi connectivity index (χ2n) is 2.64. The van der Waals surface area contributed by atoms with Crippen LogP contribution in [0.4, 0.5) is 0 Å². The maximum absolute atomic E-state index is 5.37. The topological polar surface area (TPSA) is 26.0 Å². The molecule has 0 amide bonds. The van der Waals surface area contributed by atoms with Crippen LogP contribution in [0.5, 0.6) is 0 Å². The molecular formula is C10H12BrN. The molecule has 0 aliphatic heterocycles. The van der Waals surface area contributed by atoms with Crippen LogP contribution >= 0.6 is 15.9 Å². The molecule has 0 radical (unpaired) electrons. The Labute approximate surface area is 81.4 Å². The minimum Gasteiger partial charge on any atom is -0.327 e. The number of rotatable bonds is 2. The summed E-state index contributed by atoms with van der Waals surface area (Å²) in [6.45, 7) is 2.68. The Balaban J connectivity index is 2.97. The lowest BCUT2D eigenvalue weighted by Gasteiger charge is -1.99. The van der Waals surface area contributed by atoms with Crippen molar-refractivity contribution in [3.63, 3.8) is 0 Å². The average molecular weight is 226 g/mol. The molecule has 0 aliphatic rings. The van der Waals surface area contributed by atoms with Gasteiger partial charge in [-0.3, -0.25) is 0 Å². The molecule has 0 atom stereocenters. The van der Waals surface area contributed by atoms with Crippen LogP contribution in [0.2, 0.25) is 0 Å². The van der Waals surface area contributed by atoms with E-state index in [1.807, 2.05) is 18.2 Å². The fourth-order valence-electron chi connectivity index (χ4n) is 0.986. The normalized spacial score (nSPS) is 10.9. The molecule has 0 fully saturated rings. The average Bonchev–Trinajstić information content (AvgIpc) is 2.07. The van der Waals surface area contributed by atoms with E-state index in [-0.39, 0.29) is 0 Å². The number of hydrogen-bond donors (Lipinski definition) is 1. The van der Waals surface area contributed by atoms with Crippen LogP contribution in [0.25, 0.3) is 6.08 Å². The van der Waals surface area contributed by atoms with Gasteiger partial charge < -0.3 is 5.73 Å². The van der Waals surface area contributed by atoms with E-state index < -0.39 is 0 Å². The highest BCUT2D eigenvalue weighted by Gasteiger charge is 1.93. The molecule has 2 heteroatoms. The first kappa shape index (κ1) is 9.49. The first-order valence-corrected chi connectivity index (χ1v) is 4.66. The highest BCUT2D eigenvalue weighted by atomic mass is 79.9. The van der Waals surface area contributed by atoms with Gasteiger partial charge in [-0.15, -0.1) is 0 Å². The number of aryl methyl sites for hydroxylation is 1. The van der Waals surface area contributed by atoms with Gasteiger partial charge >= 0.3 is 0 Å². The molecule has 1 nitrogen and oxygen atoms in total. The quantitative estimate of drug-likeness (QED) is 0.824. The summed E-state index contributed by atoms with van der Waals surface area (Å²) in [5.74, 6) is 0. The zero-order chi connectivity index (χ0) is 8.97. The SMILES string of the molecule is Cc1ccc(Br)cc1/C=C\CN. The van der Waals surface area contributed by atoms with Crippen LogP contribution in [0, 0.1) is 6.92 Å². The molecule has 12 heavy (non-hydrogen) atoms. The Morgan fingerprint density at radius 1 is 1.50 bits per heavy atom. The zero-order valence-corrected chi connectivity index (χ0v) is 8.64. The van der Waals surface area contributed by atoms with Crippen molar-refractivity contribution in [3.05, 3.63) is 39.9 Å². The molecule has 1 rings (SSSR count). The molecule has 0 spiro atoms. The van der Waals surface area contributed by atoms with E-state index in [1.54, 1.807) is 0 Å². The smallest absolute Gasteiger partial charge is 0.0181 e. The largest absolute Gasteiger partial charge is 0.327 e. The lowest BCUT2D eigenvalue weighted by molar-refractivity contribution is 1.26. The van der Waals surface area contributed by atoms with Gasteiger partial charge in [0.25, 0.3) is 0 Å². The van der Waals surface area contributed by atoms with Gasteiger partial charge in [-0.25, -0.2) is 0 Å². The standard InChI is InChI=1S/C10H12BrN/c1-8-4-5-10(11)7-9(8)3-2-6-12/h2-5,7H,6,12H2,1H3/b3-2-. The Hall–Kier alpha value is -0.600. The van der Waals surface area contributed by atoms with Crippen LogP contribution in [-0.2, 0) is 0 Å². The predicted octanol–water partition coefficient (Wildman–Crippen LogP) is 2.73. The zero-order valence-electron chi connectivity index (χ0n) is 7.05. The monoisotopic (exact) mass is 225 g/mol. The molecule has 1 aromatic carbocycles. The van der Waals surface area contributed by atoms with E-state index >= 15 is 0 Å². The maximum Gasteiger partial charge on any atom is 0.0181 e. The highest BCUT2D eigenvalue weighted by molar-refractivity contribution is 9.10. The molecule has 0 heterocycles. The van der Waals surface area contributed by atoms with E-state index in [0.29, 0.717) is 6.54 Å². The van der Waals surface area contributed by atoms with Crippen molar-refractivity contribution in [3.8, 4) is 0 Å². The summed E-state index contributed by atoms with van der Waals surface area (Å²) in [6, 6.07) is 6.21. The molecule has 0 saturated carbocycles. The molecule has 64 valence electrons. The number of benzene rings is 1. The van der Waals surface area contributed by atoms with E-state index in [4.69, 9.17) is 5.73 Å². The fourth-order valence-corrected chi connectivity index (χ4v) is 1.36. The Morgan fingerprint density at radius 2 is 2.25 bits per heavy atom. The summed E-state index contributed by atoms with van der Waals surface area (Å²) in [6.07, 6.45) is 3.99. The van der Waals surface area contributed by atoms with Crippen LogP contribution in [0.3, 0.4) is 0 Å². The van der Waals surface area contributed by atoms with E-state index in [2.05, 4.69) is 35.0 Å². The summed E-state index contributed by atoms with van der Waals surface area (Å²) in [7, 11) is 0. The third-order valence-corrected chi connectivity index (χ3v) is 2.17. The number of nitrogens with two attached hydrogens (primary N) is 1. The van der Waals surface area contributed by atoms with Crippen molar-refractivity contribution in [2.45, 2.75) is 6.92 Å². The minimum absolute atomic E-state index is 0.589. The molecule has 0 saturated heterocycles. The van der Waals surface area contributed by atoms with Crippen molar-refractivity contribution < 1.29 is 0 Å². The van der Waals surface area contributed by atoms with Gasteiger partial charge in [0.15, 0.2) is 0 Å².